The summed E-state index contributed by atoms with van der Waals surface area (Å²) in [5, 5.41) is 86.2. The third-order valence-corrected chi connectivity index (χ3v) is 15.5. The van der Waals surface area contributed by atoms with Crippen LogP contribution in [0.25, 0.3) is 21.3 Å². The largest absolute Gasteiger partial charge is 0.685 e. The molecule has 7 rings (SSSR count). The number of carboxylic acid groups (broad SMARTS) is 5. The molecule has 346 valence electrons. The zero-order chi connectivity index (χ0) is 44.3. The second-order valence-electron chi connectivity index (χ2n) is 19.0. The van der Waals surface area contributed by atoms with Crippen LogP contribution >= 0.6 is 0 Å². The maximum absolute atomic E-state index is 13.6. The first kappa shape index (κ1) is 47.2. The van der Waals surface area contributed by atoms with Gasteiger partial charge in [-0.2, -0.15) is 11.4 Å². The maximum atomic E-state index is 13.6. The van der Waals surface area contributed by atoms with E-state index < -0.39 is 130 Å². The van der Waals surface area contributed by atoms with Gasteiger partial charge in [-0.25, -0.2) is 0 Å². The number of aliphatic carboxylic acids is 5. The molecule has 0 aromatic rings. The SMILES string of the molecule is C[C@@]12CC(=O)N[C@@]13C[C@@H]1[N-]C(C[C@H]4[N-]C5=C(C(O)CC[C@H]5[C@@H]4CC(=O)O)C4[N-]/C(=C\C([N-]3)[C@H]2CCC(=O)O)[C@@H](CC(=O)O)[C@@H]4CCC(=O)O)[C@@](C)(CC(N)=O)[C@@H]1CCC(=O)O.[Ni]. The van der Waals surface area contributed by atoms with E-state index in [2.05, 4.69) is 5.32 Å². The summed E-state index contributed by atoms with van der Waals surface area (Å²) in [6.07, 6.45) is -0.342. The van der Waals surface area contributed by atoms with Crippen LogP contribution in [0.1, 0.15) is 104 Å². The van der Waals surface area contributed by atoms with Crippen molar-refractivity contribution in [1.29, 1.82) is 0 Å². The number of carboxylic acids is 5. The summed E-state index contributed by atoms with van der Waals surface area (Å²) < 4.78 is 0. The van der Waals surface area contributed by atoms with Crippen LogP contribution in [0.15, 0.2) is 23.0 Å². The summed E-state index contributed by atoms with van der Waals surface area (Å²) in [7, 11) is 0. The van der Waals surface area contributed by atoms with Crippen LogP contribution in [0.4, 0.5) is 0 Å². The number of carbonyl (C=O) groups is 7. The third kappa shape index (κ3) is 8.55. The molecule has 0 aromatic heterocycles. The van der Waals surface area contributed by atoms with Crippen LogP contribution in [0.2, 0.25) is 0 Å². The van der Waals surface area contributed by atoms with E-state index in [1.807, 2.05) is 13.8 Å². The second kappa shape index (κ2) is 17.7. The Labute approximate surface area is 368 Å². The van der Waals surface area contributed by atoms with E-state index in [1.54, 1.807) is 6.08 Å². The second-order valence-corrected chi connectivity index (χ2v) is 19.0. The van der Waals surface area contributed by atoms with Gasteiger partial charge in [0.25, 0.3) is 0 Å². The molecule has 6 aliphatic heterocycles. The minimum Gasteiger partial charge on any atom is -0.685 e. The van der Waals surface area contributed by atoms with E-state index in [-0.39, 0.29) is 99.4 Å². The van der Waals surface area contributed by atoms with Gasteiger partial charge in [0.05, 0.1) is 12.5 Å². The van der Waals surface area contributed by atoms with Crippen molar-refractivity contribution < 1.29 is 80.7 Å². The molecular formula is C42H56N6NiO13-4. The number of allylic oxidation sites excluding steroid dienone is 2. The molecule has 1 aliphatic carbocycles. The van der Waals surface area contributed by atoms with Gasteiger partial charge in [0.1, 0.15) is 0 Å². The quantitative estimate of drug-likeness (QED) is 0.109. The normalized spacial score (nSPS) is 41.1. The third-order valence-electron chi connectivity index (χ3n) is 15.5. The first-order valence-electron chi connectivity index (χ1n) is 21.3. The van der Waals surface area contributed by atoms with Crippen molar-refractivity contribution in [2.24, 2.45) is 52.1 Å². The van der Waals surface area contributed by atoms with Crippen molar-refractivity contribution in [1.82, 2.24) is 5.32 Å². The Bertz CT molecular complexity index is 1930. The Morgan fingerprint density at radius 3 is 2.06 bits per heavy atom. The monoisotopic (exact) mass is 910 g/mol. The van der Waals surface area contributed by atoms with Gasteiger partial charge in [0, 0.05) is 55.0 Å². The Morgan fingerprint density at radius 2 is 1.45 bits per heavy atom. The van der Waals surface area contributed by atoms with Crippen molar-refractivity contribution in [2.75, 3.05) is 0 Å². The summed E-state index contributed by atoms with van der Waals surface area (Å²) in [4.78, 5) is 88.0. The first-order valence-corrected chi connectivity index (χ1v) is 21.3. The number of fused-ring (bicyclic) bond motifs is 7. The van der Waals surface area contributed by atoms with Crippen LogP contribution in [0.3, 0.4) is 0 Å². The average Bonchev–Trinajstić information content (AvgIpc) is 3.83. The number of amides is 2. The van der Waals surface area contributed by atoms with Crippen molar-refractivity contribution in [3.05, 3.63) is 44.3 Å². The molecule has 5 fully saturated rings. The molecular weight excluding hydrogens is 855 g/mol. The predicted octanol–water partition coefficient (Wildman–Crippen LogP) is 3.81. The molecule has 9 N–H and O–H groups in total. The van der Waals surface area contributed by atoms with E-state index in [0.717, 1.165) is 0 Å². The van der Waals surface area contributed by atoms with Gasteiger partial charge in [0.2, 0.25) is 11.8 Å². The van der Waals surface area contributed by atoms with Crippen molar-refractivity contribution in [3.8, 4) is 0 Å². The molecule has 0 aromatic carbocycles. The molecule has 8 bridgehead atoms. The molecule has 4 unspecified atom stereocenters. The smallest absolute Gasteiger partial charge is 0.303 e. The van der Waals surface area contributed by atoms with Gasteiger partial charge < -0.3 is 63.0 Å². The van der Waals surface area contributed by atoms with Crippen molar-refractivity contribution in [3.63, 3.8) is 0 Å². The van der Waals surface area contributed by atoms with E-state index in [4.69, 9.17) is 27.0 Å². The summed E-state index contributed by atoms with van der Waals surface area (Å²) >= 11 is 0. The summed E-state index contributed by atoms with van der Waals surface area (Å²) in [5.74, 6) is -10.3. The minimum atomic E-state index is -1.39. The predicted molar refractivity (Wildman–Crippen MR) is 214 cm³/mol. The number of hydrogen-bond donors (Lipinski definition) is 8. The Kier molecular flexibility index (Phi) is 13.5. The summed E-state index contributed by atoms with van der Waals surface area (Å²) in [5.41, 5.74) is 3.58. The fraction of sp³-hybridized carbons (Fsp3) is 0.738. The Balaban J connectivity index is 0.00000641. The van der Waals surface area contributed by atoms with Gasteiger partial charge in [-0.1, -0.05) is 44.2 Å². The number of nitrogens with one attached hydrogen (secondary N) is 1. The van der Waals surface area contributed by atoms with Crippen LogP contribution in [-0.2, 0) is 50.1 Å². The van der Waals surface area contributed by atoms with E-state index >= 15 is 0 Å². The van der Waals surface area contributed by atoms with Crippen LogP contribution in [0.5, 0.6) is 0 Å². The first-order chi connectivity index (χ1) is 28.7. The summed E-state index contributed by atoms with van der Waals surface area (Å²) in [6.45, 7) is 3.69. The van der Waals surface area contributed by atoms with Gasteiger partial charge in [-0.15, -0.1) is 30.2 Å². The molecule has 0 saturated carbocycles. The number of carbonyl (C=O) groups excluding carboxylic acids is 2. The molecule has 5 saturated heterocycles. The van der Waals surface area contributed by atoms with Gasteiger partial charge in [-0.05, 0) is 78.2 Å². The number of rotatable bonds is 15. The van der Waals surface area contributed by atoms with Crippen molar-refractivity contribution >= 4 is 41.7 Å². The number of primary amides is 1. The zero-order valence-electron chi connectivity index (χ0n) is 34.6. The Morgan fingerprint density at radius 1 is 0.823 bits per heavy atom. The molecule has 2 amide bonds. The molecule has 7 aliphatic rings. The van der Waals surface area contributed by atoms with Gasteiger partial charge in [0.15, 0.2) is 0 Å². The fourth-order valence-electron chi connectivity index (χ4n) is 12.9. The van der Waals surface area contributed by atoms with Crippen LogP contribution < -0.4 is 11.1 Å². The topological polar surface area (TPSA) is 335 Å². The van der Waals surface area contributed by atoms with Crippen molar-refractivity contribution in [2.45, 2.75) is 146 Å². The average molecular weight is 912 g/mol. The number of aliphatic hydroxyl groups is 1. The number of nitrogens with two attached hydrogens (primary N) is 1. The minimum absolute atomic E-state index is 0. The zero-order valence-corrected chi connectivity index (χ0v) is 35.6. The van der Waals surface area contributed by atoms with E-state index in [0.29, 0.717) is 23.4 Å². The number of nitrogens with zero attached hydrogens (tertiary/aromatic N) is 4. The van der Waals surface area contributed by atoms with Crippen LogP contribution in [0, 0.1) is 46.3 Å². The van der Waals surface area contributed by atoms with Gasteiger partial charge in [-0.3, -0.25) is 33.6 Å². The molecule has 15 atom stereocenters. The molecule has 20 heteroatoms. The van der Waals surface area contributed by atoms with Gasteiger partial charge >= 0.3 is 29.8 Å². The van der Waals surface area contributed by atoms with Crippen LogP contribution in [-0.4, -0.2) is 114 Å². The Hall–Kier alpha value is -4.26. The fourth-order valence-corrected chi connectivity index (χ4v) is 12.9. The molecule has 19 nitrogen and oxygen atoms in total. The molecule has 62 heavy (non-hydrogen) atoms. The van der Waals surface area contributed by atoms with E-state index in [1.165, 1.54) is 0 Å². The number of aliphatic hydroxyl groups excluding tert-OH is 1. The van der Waals surface area contributed by atoms with E-state index in [9.17, 15) is 64.2 Å². The number of hydrogen-bond acceptors (Lipinski definition) is 8. The summed E-state index contributed by atoms with van der Waals surface area (Å²) in [6, 6.07) is -3.90. The molecule has 0 radical (unpaired) electrons. The molecule has 1 spiro atoms. The maximum Gasteiger partial charge on any atom is 0.303 e. The molecule has 6 heterocycles. The standard InChI is InChI=1S/C42H56N6O13.Ni/c1-40(16-30(43)50)22(5-9-33(54)55)27-15-42-41(2,17-31(51)48-42)23(6-10-34(56)57)26(47-42)13-24-20(11-35(58)59)19(4-8-32(52)53)39(45-24)37-28(49)7-3-18-21(12-36(60)61)25(46-38(18)37)14-29(40)44-27;/h13,18-23,25-29,39,49H,3-12,14-17H2,1-2H3,(H2,43,50)(H,48,51)(H,52,53)(H,54,55)(H,56,57)(H,58,59)(H,60,61);/q-4;/b24-13-;/t18-,19-,20-,21-,22+,23+,25+,26?,27-,28?,29?,39?,40-,41-,42-;/m0./s1.